The molecule has 0 radical (unpaired) electrons. The zero-order valence-electron chi connectivity index (χ0n) is 14.4. The summed E-state index contributed by atoms with van der Waals surface area (Å²) in [6.45, 7) is 2.25. The minimum absolute atomic E-state index is 0.0116. The molecule has 2 aromatic carbocycles. The summed E-state index contributed by atoms with van der Waals surface area (Å²) in [5.41, 5.74) is 0.990. The number of phenolic OH excluding ortho intramolecular Hbond substituents is 1. The van der Waals surface area contributed by atoms with Crippen LogP contribution in [0.15, 0.2) is 52.5 Å². The molecule has 1 heterocycles. The summed E-state index contributed by atoms with van der Waals surface area (Å²) in [5, 5.41) is 20.6. The van der Waals surface area contributed by atoms with Crippen LogP contribution in [0.5, 0.6) is 5.75 Å². The molecule has 2 N–H and O–H groups in total. The number of hydrogen-bond acceptors (Lipinski definition) is 4. The van der Waals surface area contributed by atoms with Crippen LogP contribution >= 0.6 is 27.5 Å². The molecule has 0 bridgehead atoms. The quantitative estimate of drug-likeness (QED) is 0.404. The van der Waals surface area contributed by atoms with Crippen LogP contribution in [0.4, 0.5) is 0 Å². The lowest BCUT2D eigenvalue weighted by molar-refractivity contribution is -0.139. The van der Waals surface area contributed by atoms with Crippen molar-refractivity contribution >= 4 is 45.0 Å². The Morgan fingerprint density at radius 3 is 2.44 bits per heavy atom. The van der Waals surface area contributed by atoms with Crippen molar-refractivity contribution in [3.8, 4) is 5.75 Å². The number of halogens is 2. The molecule has 0 aromatic heterocycles. The predicted molar refractivity (Wildman–Crippen MR) is 107 cm³/mol. The van der Waals surface area contributed by atoms with Gasteiger partial charge in [0.2, 0.25) is 0 Å². The molecule has 3 rings (SSSR count). The van der Waals surface area contributed by atoms with E-state index in [-0.39, 0.29) is 22.1 Å². The number of Topliss-reactive ketones (excluding diaryl/α,β-unsaturated/α-hetero) is 1. The standard InChI is InChI=1S/C20H17BrClNO4/c1-2-9-23-17(12-5-8-15(24)14(22)10-12)16(19(26)20(23)27)18(25)11-3-6-13(21)7-4-11/h3-8,10,17,24-25H,2,9H2,1H3/b18-16-. The minimum atomic E-state index is -0.772. The molecule has 2 aromatic rings. The highest BCUT2D eigenvalue weighted by Gasteiger charge is 2.45. The van der Waals surface area contributed by atoms with Crippen molar-refractivity contribution in [1.29, 1.82) is 0 Å². The summed E-state index contributed by atoms with van der Waals surface area (Å²) >= 11 is 9.36. The largest absolute Gasteiger partial charge is 0.507 e. The smallest absolute Gasteiger partial charge is 0.295 e. The Bertz CT molecular complexity index is 939. The van der Waals surface area contributed by atoms with Crippen LogP contribution in [0.1, 0.15) is 30.5 Å². The van der Waals surface area contributed by atoms with Crippen molar-refractivity contribution in [2.45, 2.75) is 19.4 Å². The van der Waals surface area contributed by atoms with Gasteiger partial charge in [0.05, 0.1) is 16.6 Å². The SMILES string of the molecule is CCCN1C(=O)C(=O)/C(=C(\O)c2ccc(Br)cc2)C1c1ccc(O)c(Cl)c1. The normalized spacial score (nSPS) is 18.9. The van der Waals surface area contributed by atoms with E-state index in [0.29, 0.717) is 24.1 Å². The van der Waals surface area contributed by atoms with Crippen LogP contribution < -0.4 is 0 Å². The van der Waals surface area contributed by atoms with E-state index in [1.807, 2.05) is 6.92 Å². The molecule has 0 saturated carbocycles. The number of rotatable bonds is 4. The van der Waals surface area contributed by atoms with Gasteiger partial charge in [0.15, 0.2) is 0 Å². The molecule has 7 heteroatoms. The van der Waals surface area contributed by atoms with E-state index in [1.54, 1.807) is 30.3 Å². The number of phenols is 1. The van der Waals surface area contributed by atoms with Crippen molar-refractivity contribution in [1.82, 2.24) is 4.90 Å². The molecule has 1 aliphatic rings. The monoisotopic (exact) mass is 449 g/mol. The number of nitrogens with zero attached hydrogens (tertiary/aromatic N) is 1. The Kier molecular flexibility index (Phi) is 5.58. The second-order valence-corrected chi connectivity index (χ2v) is 7.53. The first-order valence-electron chi connectivity index (χ1n) is 8.38. The minimum Gasteiger partial charge on any atom is -0.507 e. The Balaban J connectivity index is 2.20. The van der Waals surface area contributed by atoms with E-state index in [2.05, 4.69) is 15.9 Å². The third-order valence-electron chi connectivity index (χ3n) is 4.41. The number of carbonyl (C=O) groups excluding carboxylic acids is 2. The molecule has 1 aliphatic heterocycles. The molecule has 5 nitrogen and oxygen atoms in total. The maximum atomic E-state index is 12.7. The Labute approximate surface area is 170 Å². The first-order valence-corrected chi connectivity index (χ1v) is 9.55. The summed E-state index contributed by atoms with van der Waals surface area (Å²) in [7, 11) is 0. The van der Waals surface area contributed by atoms with Gasteiger partial charge in [-0.25, -0.2) is 0 Å². The van der Waals surface area contributed by atoms with Crippen molar-refractivity contribution in [2.24, 2.45) is 0 Å². The van der Waals surface area contributed by atoms with Gasteiger partial charge in [0, 0.05) is 16.6 Å². The lowest BCUT2D eigenvalue weighted by atomic mass is 9.95. The summed E-state index contributed by atoms with van der Waals surface area (Å²) in [5.74, 6) is -1.74. The highest BCUT2D eigenvalue weighted by Crippen LogP contribution is 2.41. The number of aromatic hydroxyl groups is 1. The fourth-order valence-electron chi connectivity index (χ4n) is 3.15. The van der Waals surface area contributed by atoms with E-state index in [0.717, 1.165) is 4.47 Å². The van der Waals surface area contributed by atoms with Crippen LogP contribution in [0, 0.1) is 0 Å². The van der Waals surface area contributed by atoms with E-state index in [1.165, 1.54) is 17.0 Å². The fourth-order valence-corrected chi connectivity index (χ4v) is 3.61. The highest BCUT2D eigenvalue weighted by atomic mass is 79.9. The first kappa shape index (κ1) is 19.5. The van der Waals surface area contributed by atoms with Gasteiger partial charge in [-0.15, -0.1) is 0 Å². The first-order chi connectivity index (χ1) is 12.8. The van der Waals surface area contributed by atoms with Crippen LogP contribution in [-0.2, 0) is 9.59 Å². The number of hydrogen-bond donors (Lipinski definition) is 2. The molecule has 1 fully saturated rings. The molecule has 1 atom stereocenters. The molecular weight excluding hydrogens is 434 g/mol. The molecule has 27 heavy (non-hydrogen) atoms. The van der Waals surface area contributed by atoms with Gasteiger partial charge in [0.25, 0.3) is 11.7 Å². The molecule has 1 saturated heterocycles. The van der Waals surface area contributed by atoms with E-state index >= 15 is 0 Å². The Morgan fingerprint density at radius 1 is 1.19 bits per heavy atom. The van der Waals surface area contributed by atoms with Crippen LogP contribution in [0.2, 0.25) is 5.02 Å². The second-order valence-electron chi connectivity index (χ2n) is 6.21. The number of amides is 1. The van der Waals surface area contributed by atoms with E-state index in [9.17, 15) is 19.8 Å². The zero-order chi connectivity index (χ0) is 19.7. The summed E-state index contributed by atoms with van der Waals surface area (Å²) in [6.07, 6.45) is 0.646. The summed E-state index contributed by atoms with van der Waals surface area (Å²) in [4.78, 5) is 26.7. The molecule has 1 unspecified atom stereocenters. The average Bonchev–Trinajstić information content (AvgIpc) is 2.89. The number of benzene rings is 2. The van der Waals surface area contributed by atoms with Crippen molar-refractivity contribution in [3.63, 3.8) is 0 Å². The maximum absolute atomic E-state index is 12.7. The maximum Gasteiger partial charge on any atom is 0.295 e. The van der Waals surface area contributed by atoms with E-state index < -0.39 is 17.7 Å². The summed E-state index contributed by atoms with van der Waals surface area (Å²) < 4.78 is 0.826. The van der Waals surface area contributed by atoms with Gasteiger partial charge < -0.3 is 15.1 Å². The number of ketones is 1. The fraction of sp³-hybridized carbons (Fsp3) is 0.200. The van der Waals surface area contributed by atoms with Crippen molar-refractivity contribution in [2.75, 3.05) is 6.54 Å². The topological polar surface area (TPSA) is 77.8 Å². The van der Waals surface area contributed by atoms with Crippen LogP contribution in [0.25, 0.3) is 5.76 Å². The van der Waals surface area contributed by atoms with Gasteiger partial charge in [-0.2, -0.15) is 0 Å². The molecule has 0 spiro atoms. The van der Waals surface area contributed by atoms with Gasteiger partial charge in [-0.1, -0.05) is 52.7 Å². The molecular formula is C20H17BrClNO4. The lowest BCUT2D eigenvalue weighted by Gasteiger charge is -2.25. The lowest BCUT2D eigenvalue weighted by Crippen LogP contribution is -2.30. The second kappa shape index (κ2) is 7.74. The summed E-state index contributed by atoms with van der Waals surface area (Å²) in [6, 6.07) is 10.5. The van der Waals surface area contributed by atoms with E-state index in [4.69, 9.17) is 11.6 Å². The third kappa shape index (κ3) is 3.59. The third-order valence-corrected chi connectivity index (χ3v) is 5.24. The van der Waals surface area contributed by atoms with Gasteiger partial charge in [0.1, 0.15) is 11.5 Å². The molecule has 1 amide bonds. The number of aliphatic hydroxyl groups is 1. The molecule has 0 aliphatic carbocycles. The Hall–Kier alpha value is -2.31. The van der Waals surface area contributed by atoms with Crippen LogP contribution in [-0.4, -0.2) is 33.3 Å². The Morgan fingerprint density at radius 2 is 1.85 bits per heavy atom. The van der Waals surface area contributed by atoms with Gasteiger partial charge in [-0.3, -0.25) is 9.59 Å². The van der Waals surface area contributed by atoms with Crippen molar-refractivity contribution in [3.05, 3.63) is 68.7 Å². The average molecular weight is 451 g/mol. The van der Waals surface area contributed by atoms with Crippen molar-refractivity contribution < 1.29 is 19.8 Å². The number of likely N-dealkylation sites (tertiary alicyclic amines) is 1. The zero-order valence-corrected chi connectivity index (χ0v) is 16.8. The highest BCUT2D eigenvalue weighted by molar-refractivity contribution is 9.10. The van der Waals surface area contributed by atoms with Gasteiger partial charge in [-0.05, 0) is 36.2 Å². The molecule has 140 valence electrons. The van der Waals surface area contributed by atoms with Crippen LogP contribution in [0.3, 0.4) is 0 Å². The van der Waals surface area contributed by atoms with Gasteiger partial charge >= 0.3 is 0 Å². The number of carbonyl (C=O) groups is 2. The number of aliphatic hydroxyl groups excluding tert-OH is 1. The predicted octanol–water partition coefficient (Wildman–Crippen LogP) is 4.64.